The third-order valence-electron chi connectivity index (χ3n) is 2.80. The summed E-state index contributed by atoms with van der Waals surface area (Å²) in [5, 5.41) is 7.99. The van der Waals surface area contributed by atoms with Gasteiger partial charge >= 0.3 is 0 Å². The summed E-state index contributed by atoms with van der Waals surface area (Å²) in [6, 6.07) is 2.56. The zero-order valence-electron chi connectivity index (χ0n) is 11.2. The van der Waals surface area contributed by atoms with Gasteiger partial charge in [-0.2, -0.15) is 5.10 Å². The van der Waals surface area contributed by atoms with Crippen LogP contribution in [0.4, 0.5) is 0 Å². The molecule has 1 aromatic heterocycles. The second kappa shape index (κ2) is 6.04. The van der Waals surface area contributed by atoms with E-state index in [2.05, 4.69) is 48.9 Å². The maximum atomic E-state index is 4.50. The van der Waals surface area contributed by atoms with Crippen LogP contribution in [0, 0.1) is 19.8 Å². The van der Waals surface area contributed by atoms with Crippen LogP contribution in [0.2, 0.25) is 0 Å². The van der Waals surface area contributed by atoms with Crippen molar-refractivity contribution < 1.29 is 0 Å². The van der Waals surface area contributed by atoms with Crippen molar-refractivity contribution in [2.45, 2.75) is 47.1 Å². The van der Waals surface area contributed by atoms with Crippen molar-refractivity contribution in [2.24, 2.45) is 5.92 Å². The van der Waals surface area contributed by atoms with Crippen LogP contribution in [-0.2, 0) is 0 Å². The van der Waals surface area contributed by atoms with E-state index in [1.807, 2.05) is 6.92 Å². The molecule has 0 radical (unpaired) electrons. The van der Waals surface area contributed by atoms with Crippen LogP contribution in [0.25, 0.3) is 0 Å². The summed E-state index contributed by atoms with van der Waals surface area (Å²) in [4.78, 5) is 0. The highest BCUT2D eigenvalue weighted by atomic mass is 15.3. The van der Waals surface area contributed by atoms with E-state index in [9.17, 15) is 0 Å². The molecule has 1 atom stereocenters. The Labute approximate surface area is 99.2 Å². The largest absolute Gasteiger partial charge is 0.315 e. The van der Waals surface area contributed by atoms with E-state index in [0.717, 1.165) is 24.7 Å². The van der Waals surface area contributed by atoms with Crippen LogP contribution in [0.3, 0.4) is 0 Å². The molecule has 1 heterocycles. The molecule has 0 aromatic carbocycles. The second-order valence-electron chi connectivity index (χ2n) is 5.11. The molecule has 0 saturated carbocycles. The molecule has 0 saturated heterocycles. The van der Waals surface area contributed by atoms with E-state index in [1.54, 1.807) is 0 Å². The Hall–Kier alpha value is -0.830. The number of rotatable bonds is 6. The Morgan fingerprint density at radius 2 is 2.00 bits per heavy atom. The van der Waals surface area contributed by atoms with Gasteiger partial charge in [-0.15, -0.1) is 0 Å². The summed E-state index contributed by atoms with van der Waals surface area (Å²) in [6.45, 7) is 13.0. The van der Waals surface area contributed by atoms with Gasteiger partial charge in [0.25, 0.3) is 0 Å². The van der Waals surface area contributed by atoms with Gasteiger partial charge in [0.15, 0.2) is 0 Å². The fourth-order valence-electron chi connectivity index (χ4n) is 1.88. The van der Waals surface area contributed by atoms with Gasteiger partial charge < -0.3 is 5.32 Å². The number of nitrogens with one attached hydrogen (secondary N) is 1. The average molecular weight is 223 g/mol. The van der Waals surface area contributed by atoms with Crippen molar-refractivity contribution in [1.82, 2.24) is 15.1 Å². The molecule has 1 aromatic rings. The fourth-order valence-corrected chi connectivity index (χ4v) is 1.88. The molecular weight excluding hydrogens is 198 g/mol. The first-order valence-corrected chi connectivity index (χ1v) is 6.24. The number of aryl methyl sites for hydroxylation is 2. The first-order valence-electron chi connectivity index (χ1n) is 6.24. The molecule has 0 aliphatic carbocycles. The molecule has 3 nitrogen and oxygen atoms in total. The van der Waals surface area contributed by atoms with Crippen molar-refractivity contribution in [1.29, 1.82) is 0 Å². The summed E-state index contributed by atoms with van der Waals surface area (Å²) in [5.41, 5.74) is 2.35. The van der Waals surface area contributed by atoms with Crippen LogP contribution in [0.5, 0.6) is 0 Å². The lowest BCUT2D eigenvalue weighted by Gasteiger charge is -2.15. The quantitative estimate of drug-likeness (QED) is 0.751. The highest BCUT2D eigenvalue weighted by Crippen LogP contribution is 2.09. The monoisotopic (exact) mass is 223 g/mol. The predicted molar refractivity (Wildman–Crippen MR) is 68.7 cm³/mol. The Morgan fingerprint density at radius 3 is 2.50 bits per heavy atom. The molecule has 16 heavy (non-hydrogen) atoms. The first-order chi connectivity index (χ1) is 7.50. The molecule has 3 heteroatoms. The minimum absolute atomic E-state index is 0.431. The highest BCUT2D eigenvalue weighted by Gasteiger charge is 2.08. The molecule has 92 valence electrons. The van der Waals surface area contributed by atoms with Crippen LogP contribution in [-0.4, -0.2) is 22.9 Å². The van der Waals surface area contributed by atoms with E-state index < -0.39 is 0 Å². The fraction of sp³-hybridized carbons (Fsp3) is 0.769. The van der Waals surface area contributed by atoms with Crippen molar-refractivity contribution >= 4 is 0 Å². The van der Waals surface area contributed by atoms with Gasteiger partial charge in [0.1, 0.15) is 0 Å². The van der Waals surface area contributed by atoms with E-state index in [-0.39, 0.29) is 0 Å². The minimum atomic E-state index is 0.431. The van der Waals surface area contributed by atoms with Gasteiger partial charge in [0, 0.05) is 12.2 Å². The van der Waals surface area contributed by atoms with Crippen molar-refractivity contribution in [3.8, 4) is 0 Å². The molecule has 0 spiro atoms. The van der Waals surface area contributed by atoms with Gasteiger partial charge in [-0.05, 0) is 45.7 Å². The first kappa shape index (κ1) is 13.2. The Balaban J connectivity index is 2.35. The third kappa shape index (κ3) is 3.97. The number of hydrogen-bond acceptors (Lipinski definition) is 2. The maximum absolute atomic E-state index is 4.50. The lowest BCUT2D eigenvalue weighted by molar-refractivity contribution is 0.431. The summed E-state index contributed by atoms with van der Waals surface area (Å²) in [5.74, 6) is 0.775. The minimum Gasteiger partial charge on any atom is -0.315 e. The smallest absolute Gasteiger partial charge is 0.0618 e. The van der Waals surface area contributed by atoms with Crippen LogP contribution in [0.1, 0.15) is 44.6 Å². The van der Waals surface area contributed by atoms with E-state index in [1.165, 1.54) is 12.1 Å². The molecular formula is C13H25N3. The van der Waals surface area contributed by atoms with Crippen molar-refractivity contribution in [3.63, 3.8) is 0 Å². The number of aromatic nitrogens is 2. The van der Waals surface area contributed by atoms with Gasteiger partial charge in [0.2, 0.25) is 0 Å². The third-order valence-corrected chi connectivity index (χ3v) is 2.80. The zero-order valence-corrected chi connectivity index (χ0v) is 11.2. The van der Waals surface area contributed by atoms with E-state index >= 15 is 0 Å². The SMILES string of the molecule is Cc1cc(C)n(C(C)CNCCC(C)C)n1. The van der Waals surface area contributed by atoms with Crippen LogP contribution in [0.15, 0.2) is 6.07 Å². The summed E-state index contributed by atoms with van der Waals surface area (Å²) in [7, 11) is 0. The zero-order chi connectivity index (χ0) is 12.1. The van der Waals surface area contributed by atoms with Crippen molar-refractivity contribution in [2.75, 3.05) is 13.1 Å². The lowest BCUT2D eigenvalue weighted by atomic mass is 10.1. The van der Waals surface area contributed by atoms with Crippen LogP contribution < -0.4 is 5.32 Å². The number of nitrogens with zero attached hydrogens (tertiary/aromatic N) is 2. The van der Waals surface area contributed by atoms with Crippen LogP contribution >= 0.6 is 0 Å². The molecule has 0 aliphatic heterocycles. The van der Waals surface area contributed by atoms with E-state index in [4.69, 9.17) is 0 Å². The molecule has 0 aliphatic rings. The Kier molecular flexibility index (Phi) is 5.00. The standard InChI is InChI=1S/C13H25N3/c1-10(2)6-7-14-9-13(5)16-12(4)8-11(3)15-16/h8,10,13-14H,6-7,9H2,1-5H3. The topological polar surface area (TPSA) is 29.9 Å². The second-order valence-corrected chi connectivity index (χ2v) is 5.11. The molecule has 0 bridgehead atoms. The Bertz CT molecular complexity index is 315. The highest BCUT2D eigenvalue weighted by molar-refractivity contribution is 5.07. The van der Waals surface area contributed by atoms with Gasteiger partial charge in [-0.1, -0.05) is 13.8 Å². The van der Waals surface area contributed by atoms with Crippen molar-refractivity contribution in [3.05, 3.63) is 17.5 Å². The molecule has 0 amide bonds. The number of hydrogen-bond donors (Lipinski definition) is 1. The summed E-state index contributed by atoms with van der Waals surface area (Å²) >= 11 is 0. The maximum Gasteiger partial charge on any atom is 0.0618 e. The molecule has 1 unspecified atom stereocenters. The van der Waals surface area contributed by atoms with E-state index in [0.29, 0.717) is 6.04 Å². The predicted octanol–water partition coefficient (Wildman–Crippen LogP) is 2.70. The summed E-state index contributed by atoms with van der Waals surface area (Å²) < 4.78 is 2.11. The van der Waals surface area contributed by atoms with Gasteiger partial charge in [-0.3, -0.25) is 4.68 Å². The average Bonchev–Trinajstić information content (AvgIpc) is 2.52. The molecule has 1 rings (SSSR count). The Morgan fingerprint density at radius 1 is 1.31 bits per heavy atom. The lowest BCUT2D eigenvalue weighted by Crippen LogP contribution is -2.26. The summed E-state index contributed by atoms with van der Waals surface area (Å²) in [6.07, 6.45) is 1.24. The van der Waals surface area contributed by atoms with Gasteiger partial charge in [-0.25, -0.2) is 0 Å². The molecule has 0 fully saturated rings. The van der Waals surface area contributed by atoms with Gasteiger partial charge in [0.05, 0.1) is 11.7 Å². The molecule has 1 N–H and O–H groups in total. The normalized spacial score (nSPS) is 13.4.